The largest absolute Gasteiger partial charge is 0.508 e. The van der Waals surface area contributed by atoms with Gasteiger partial charge < -0.3 is 14.6 Å². The van der Waals surface area contributed by atoms with Gasteiger partial charge in [0.1, 0.15) is 17.3 Å². The molecule has 35 heavy (non-hydrogen) atoms. The summed E-state index contributed by atoms with van der Waals surface area (Å²) in [6, 6.07) is 9.18. The third-order valence-electron chi connectivity index (χ3n) is 5.79. The zero-order valence-electron chi connectivity index (χ0n) is 20.3. The minimum Gasteiger partial charge on any atom is -0.508 e. The third-order valence-corrected chi connectivity index (χ3v) is 5.79. The summed E-state index contributed by atoms with van der Waals surface area (Å²) in [4.78, 5) is 0. The normalized spacial score (nSPS) is 17.7. The number of phenolic OH excluding ortho intramolecular Hbond substituents is 1. The molecule has 0 atom stereocenters. The van der Waals surface area contributed by atoms with Gasteiger partial charge in [0, 0.05) is 17.2 Å². The lowest BCUT2D eigenvalue weighted by atomic mass is 9.82. The summed E-state index contributed by atoms with van der Waals surface area (Å²) in [5, 5.41) is 9.39. The van der Waals surface area contributed by atoms with Gasteiger partial charge in [0.2, 0.25) is 0 Å². The second-order valence-corrected chi connectivity index (χ2v) is 8.34. The van der Waals surface area contributed by atoms with Crippen molar-refractivity contribution >= 4 is 0 Å². The first-order chi connectivity index (χ1) is 16.7. The molecule has 6 heteroatoms. The molecule has 0 amide bonds. The molecule has 0 aromatic heterocycles. The van der Waals surface area contributed by atoms with Crippen LogP contribution in [0.3, 0.4) is 0 Å². The summed E-state index contributed by atoms with van der Waals surface area (Å²) < 4.78 is 54.2. The van der Waals surface area contributed by atoms with Gasteiger partial charge in [-0.05, 0) is 61.8 Å². The number of hydrogen-bond donors (Lipinski definition) is 1. The summed E-state index contributed by atoms with van der Waals surface area (Å²) in [7, 11) is 1.40. The number of benzene rings is 2. The predicted octanol–water partition coefficient (Wildman–Crippen LogP) is 8.14. The maximum absolute atomic E-state index is 14.9. The number of hydrogen-bond acceptors (Lipinski definition) is 3. The minimum atomic E-state index is -0.886. The van der Waals surface area contributed by atoms with Crippen LogP contribution in [-0.4, -0.2) is 24.9 Å². The van der Waals surface area contributed by atoms with E-state index in [0.717, 1.165) is 6.08 Å². The van der Waals surface area contributed by atoms with Crippen LogP contribution in [0.15, 0.2) is 85.4 Å². The van der Waals surface area contributed by atoms with Gasteiger partial charge >= 0.3 is 0 Å². The van der Waals surface area contributed by atoms with Crippen LogP contribution in [0.2, 0.25) is 0 Å². The first kappa shape index (κ1) is 28.0. The molecular weight excluding hydrogens is 453 g/mol. The molecule has 1 aliphatic rings. The summed E-state index contributed by atoms with van der Waals surface area (Å²) in [6.45, 7) is 12.5. The molecule has 2 aromatic rings. The molecular formula is C29H33F3O3. The van der Waals surface area contributed by atoms with Crippen LogP contribution >= 0.6 is 0 Å². The van der Waals surface area contributed by atoms with E-state index in [4.69, 9.17) is 9.47 Å². The van der Waals surface area contributed by atoms with Crippen LogP contribution in [0.1, 0.15) is 44.1 Å². The molecule has 0 spiro atoms. The molecule has 2 aromatic carbocycles. The lowest BCUT2D eigenvalue weighted by Crippen LogP contribution is -2.22. The van der Waals surface area contributed by atoms with E-state index in [1.165, 1.54) is 19.2 Å². The maximum atomic E-state index is 14.9. The van der Waals surface area contributed by atoms with Gasteiger partial charge in [-0.2, -0.15) is 0 Å². The highest BCUT2D eigenvalue weighted by molar-refractivity contribution is 5.65. The van der Waals surface area contributed by atoms with Gasteiger partial charge in [0.05, 0.1) is 19.8 Å². The van der Waals surface area contributed by atoms with Gasteiger partial charge in [0.15, 0.2) is 11.6 Å². The van der Waals surface area contributed by atoms with E-state index in [-0.39, 0.29) is 41.3 Å². The van der Waals surface area contributed by atoms with Crippen molar-refractivity contribution in [2.45, 2.75) is 44.6 Å². The smallest absolute Gasteiger partial charge is 0.166 e. The van der Waals surface area contributed by atoms with Crippen molar-refractivity contribution in [3.63, 3.8) is 0 Å². The molecule has 3 nitrogen and oxygen atoms in total. The average Bonchev–Trinajstić information content (AvgIpc) is 2.85. The fourth-order valence-electron chi connectivity index (χ4n) is 3.87. The van der Waals surface area contributed by atoms with Gasteiger partial charge in [-0.15, -0.1) is 6.58 Å². The van der Waals surface area contributed by atoms with E-state index < -0.39 is 17.5 Å². The average molecular weight is 487 g/mol. The lowest BCUT2D eigenvalue weighted by molar-refractivity contribution is 0.0382. The molecule has 0 bridgehead atoms. The highest BCUT2D eigenvalue weighted by Crippen LogP contribution is 2.38. The second kappa shape index (κ2) is 13.6. The van der Waals surface area contributed by atoms with Crippen molar-refractivity contribution < 1.29 is 27.8 Å². The van der Waals surface area contributed by atoms with Gasteiger partial charge in [-0.1, -0.05) is 43.5 Å². The maximum Gasteiger partial charge on any atom is 0.166 e. The molecule has 0 aliphatic heterocycles. The number of aromatic hydroxyl groups is 1. The molecule has 0 radical (unpaired) electrons. The fraction of sp³-hybridized carbons (Fsp3) is 0.310. The molecule has 0 heterocycles. The van der Waals surface area contributed by atoms with Crippen molar-refractivity contribution in [1.82, 2.24) is 0 Å². The van der Waals surface area contributed by atoms with Crippen LogP contribution in [0.4, 0.5) is 13.2 Å². The minimum absolute atomic E-state index is 0.0407. The molecule has 1 aliphatic carbocycles. The Hall–Kier alpha value is -3.25. The predicted molar refractivity (Wildman–Crippen MR) is 135 cm³/mol. The van der Waals surface area contributed by atoms with Crippen LogP contribution < -0.4 is 0 Å². The summed E-state index contributed by atoms with van der Waals surface area (Å²) in [6.07, 6.45) is 5.42. The molecule has 1 N–H and O–H groups in total. The van der Waals surface area contributed by atoms with Crippen molar-refractivity contribution in [2.75, 3.05) is 13.7 Å². The highest BCUT2D eigenvalue weighted by atomic mass is 19.2. The molecule has 0 unspecified atom stereocenters. The first-order valence-electron chi connectivity index (χ1n) is 11.5. The standard InChI is InChI=1S/C26H27F3O3.C3H6/c1-16(24(27)14-17(2)31-3)15-32-21-10-6-19(7-11-21)23-13-12-22(25(28)26(23)29)18-4-8-20(30)9-5-18;1-3-2/h4-5,8-9,12-14,19,21,30H,1-2,6-7,10-11,15H2,3H3;3H,1H2,2H3/b24-14+;. The highest BCUT2D eigenvalue weighted by Gasteiger charge is 2.27. The van der Waals surface area contributed by atoms with Crippen molar-refractivity contribution in [3.8, 4) is 16.9 Å². The number of allylic oxidation sites excluding steroid dienone is 2. The molecule has 0 saturated heterocycles. The van der Waals surface area contributed by atoms with Gasteiger partial charge in [-0.3, -0.25) is 0 Å². The fourth-order valence-corrected chi connectivity index (χ4v) is 3.87. The first-order valence-corrected chi connectivity index (χ1v) is 11.5. The Morgan fingerprint density at radius 3 is 2.20 bits per heavy atom. The van der Waals surface area contributed by atoms with Crippen molar-refractivity contribution in [1.29, 1.82) is 0 Å². The molecule has 1 saturated carbocycles. The van der Waals surface area contributed by atoms with Crippen molar-refractivity contribution in [3.05, 3.63) is 103 Å². The Balaban J connectivity index is 0.00000137. The van der Waals surface area contributed by atoms with Crippen LogP contribution in [0.25, 0.3) is 11.1 Å². The summed E-state index contributed by atoms with van der Waals surface area (Å²) >= 11 is 0. The van der Waals surface area contributed by atoms with Crippen LogP contribution in [-0.2, 0) is 9.47 Å². The lowest BCUT2D eigenvalue weighted by Gasteiger charge is -2.29. The Morgan fingerprint density at radius 1 is 1.03 bits per heavy atom. The molecule has 3 rings (SSSR count). The Kier molecular flexibility index (Phi) is 10.9. The number of methoxy groups -OCH3 is 1. The van der Waals surface area contributed by atoms with E-state index >= 15 is 0 Å². The van der Waals surface area contributed by atoms with Crippen molar-refractivity contribution in [2.24, 2.45) is 0 Å². The monoisotopic (exact) mass is 486 g/mol. The Labute approximate surface area is 205 Å². The SMILES string of the molecule is C=C(/C=C(/F)C(=C)COC1CCC(c2ccc(-c3ccc(O)cc3)c(F)c2F)CC1)OC.C=CC. The molecule has 1 fully saturated rings. The van der Waals surface area contributed by atoms with Crippen LogP contribution in [0, 0.1) is 11.6 Å². The number of rotatable bonds is 8. The zero-order chi connectivity index (χ0) is 26.0. The third kappa shape index (κ3) is 7.89. The topological polar surface area (TPSA) is 38.7 Å². The van der Waals surface area contributed by atoms with E-state index in [1.54, 1.807) is 30.3 Å². The molecule has 188 valence electrons. The number of ether oxygens (including phenoxy) is 2. The summed E-state index contributed by atoms with van der Waals surface area (Å²) in [5.74, 6) is -2.12. The number of halogens is 3. The van der Waals surface area contributed by atoms with E-state index in [1.807, 2.05) is 6.92 Å². The van der Waals surface area contributed by atoms with E-state index in [9.17, 15) is 18.3 Å². The zero-order valence-corrected chi connectivity index (χ0v) is 20.3. The second-order valence-electron chi connectivity index (χ2n) is 8.34. The van der Waals surface area contributed by atoms with Gasteiger partial charge in [0.25, 0.3) is 0 Å². The number of phenols is 1. The van der Waals surface area contributed by atoms with Crippen LogP contribution in [0.5, 0.6) is 5.75 Å². The Bertz CT molecular complexity index is 1050. The van der Waals surface area contributed by atoms with E-state index in [2.05, 4.69) is 19.7 Å². The van der Waals surface area contributed by atoms with Gasteiger partial charge in [-0.25, -0.2) is 13.2 Å². The quantitative estimate of drug-likeness (QED) is 0.232. The Morgan fingerprint density at radius 2 is 1.63 bits per heavy atom. The summed E-state index contributed by atoms with van der Waals surface area (Å²) in [5.41, 5.74) is 1.22. The van der Waals surface area contributed by atoms with E-state index in [0.29, 0.717) is 36.8 Å².